The molecule has 2 N–H and O–H groups in total. The molecule has 9 nitrogen and oxygen atoms in total. The largest absolute Gasteiger partial charge is 0.377 e. The van der Waals surface area contributed by atoms with Crippen molar-refractivity contribution in [3.8, 4) is 5.82 Å². The highest BCUT2D eigenvalue weighted by molar-refractivity contribution is 9.10. The minimum Gasteiger partial charge on any atom is -0.377 e. The molecule has 1 aliphatic rings. The zero-order chi connectivity index (χ0) is 21.3. The second-order valence-corrected chi connectivity index (χ2v) is 8.12. The minimum atomic E-state index is -0.427. The summed E-state index contributed by atoms with van der Waals surface area (Å²) >= 11 is 9.81. The van der Waals surface area contributed by atoms with Gasteiger partial charge in [0.1, 0.15) is 0 Å². The topological polar surface area (TPSA) is 107 Å². The predicted octanol–water partition coefficient (Wildman–Crippen LogP) is 4.70. The Kier molecular flexibility index (Phi) is 5.98. The Labute approximate surface area is 186 Å². The molecule has 2 amide bonds. The Morgan fingerprint density at radius 2 is 2.00 bits per heavy atom. The number of rotatable bonds is 6. The number of nitrogens with zero attached hydrogens (tertiary/aromatic N) is 5. The van der Waals surface area contributed by atoms with Gasteiger partial charge in [-0.1, -0.05) is 11.6 Å². The second kappa shape index (κ2) is 8.66. The van der Waals surface area contributed by atoms with Crippen LogP contribution in [0, 0.1) is 0 Å². The first-order valence-electron chi connectivity index (χ1n) is 9.29. The van der Waals surface area contributed by atoms with E-state index in [4.69, 9.17) is 16.3 Å². The van der Waals surface area contributed by atoms with Crippen LogP contribution in [-0.4, -0.2) is 38.1 Å². The van der Waals surface area contributed by atoms with Gasteiger partial charge in [-0.05, 0) is 41.8 Å². The molecule has 0 saturated heterocycles. The van der Waals surface area contributed by atoms with Crippen LogP contribution < -0.4 is 10.6 Å². The average Bonchev–Trinajstić information content (AvgIpc) is 3.41. The van der Waals surface area contributed by atoms with Gasteiger partial charge in [0.25, 0.3) is 0 Å². The summed E-state index contributed by atoms with van der Waals surface area (Å²) in [6.45, 7) is 1.92. The van der Waals surface area contributed by atoms with E-state index in [0.717, 1.165) is 28.6 Å². The van der Waals surface area contributed by atoms with Gasteiger partial charge in [-0.2, -0.15) is 10.2 Å². The lowest BCUT2D eigenvalue weighted by Crippen LogP contribution is -2.22. The molecule has 0 aromatic carbocycles. The van der Waals surface area contributed by atoms with Gasteiger partial charge in [0.2, 0.25) is 0 Å². The fourth-order valence-electron chi connectivity index (χ4n) is 3.08. The molecule has 3 aromatic heterocycles. The number of carbonyl (C=O) groups is 1. The minimum absolute atomic E-state index is 0.229. The molecule has 0 radical (unpaired) electrons. The maximum absolute atomic E-state index is 12.8. The van der Waals surface area contributed by atoms with Crippen molar-refractivity contribution in [3.05, 3.63) is 51.6 Å². The van der Waals surface area contributed by atoms with E-state index in [2.05, 4.69) is 46.7 Å². The fraction of sp³-hybridized carbons (Fsp3) is 0.316. The number of amides is 2. The molecule has 11 heteroatoms. The van der Waals surface area contributed by atoms with Gasteiger partial charge in [0.05, 0.1) is 46.8 Å². The third kappa shape index (κ3) is 4.30. The molecule has 1 aliphatic carbocycles. The first-order valence-corrected chi connectivity index (χ1v) is 10.5. The lowest BCUT2D eigenvalue weighted by molar-refractivity contribution is 0.119. The van der Waals surface area contributed by atoms with Crippen LogP contribution in [0.1, 0.15) is 43.0 Å². The van der Waals surface area contributed by atoms with Gasteiger partial charge < -0.3 is 15.4 Å². The number of halogens is 2. The molecule has 0 spiro atoms. The van der Waals surface area contributed by atoms with Crippen LogP contribution >= 0.6 is 27.5 Å². The molecule has 1 saturated carbocycles. The molecule has 1 unspecified atom stereocenters. The Balaban J connectivity index is 1.57. The molecule has 156 valence electrons. The van der Waals surface area contributed by atoms with E-state index in [1.807, 2.05) is 6.92 Å². The summed E-state index contributed by atoms with van der Waals surface area (Å²) in [7, 11) is 1.63. The van der Waals surface area contributed by atoms with Crippen LogP contribution in [0.5, 0.6) is 0 Å². The van der Waals surface area contributed by atoms with Crippen LogP contribution in [-0.2, 0) is 4.74 Å². The summed E-state index contributed by atoms with van der Waals surface area (Å²) in [5.41, 5.74) is 2.81. The summed E-state index contributed by atoms with van der Waals surface area (Å²) in [6, 6.07) is 1.16. The number of methoxy groups -OCH3 is 1. The third-order valence-electron chi connectivity index (χ3n) is 4.75. The van der Waals surface area contributed by atoms with Crippen LogP contribution in [0.3, 0.4) is 0 Å². The predicted molar refractivity (Wildman–Crippen MR) is 116 cm³/mol. The molecule has 3 aromatic rings. The molecule has 30 heavy (non-hydrogen) atoms. The summed E-state index contributed by atoms with van der Waals surface area (Å²) < 4.78 is 6.28. The van der Waals surface area contributed by atoms with E-state index in [1.54, 1.807) is 19.4 Å². The van der Waals surface area contributed by atoms with Crippen molar-refractivity contribution in [1.29, 1.82) is 0 Å². The first-order chi connectivity index (χ1) is 14.5. The van der Waals surface area contributed by atoms with E-state index in [0.29, 0.717) is 28.1 Å². The lowest BCUT2D eigenvalue weighted by Gasteiger charge is -2.20. The monoisotopic (exact) mass is 491 g/mol. The van der Waals surface area contributed by atoms with E-state index in [1.165, 1.54) is 23.4 Å². The van der Waals surface area contributed by atoms with Crippen LogP contribution in [0.25, 0.3) is 5.82 Å². The number of nitrogens with one attached hydrogen (secondary N) is 2. The molecule has 1 atom stereocenters. The van der Waals surface area contributed by atoms with Crippen molar-refractivity contribution >= 4 is 44.9 Å². The molecule has 4 rings (SSSR count). The van der Waals surface area contributed by atoms with Gasteiger partial charge in [-0.25, -0.2) is 9.78 Å². The van der Waals surface area contributed by atoms with Crippen LogP contribution in [0.15, 0.2) is 35.3 Å². The number of urea groups is 1. The highest BCUT2D eigenvalue weighted by atomic mass is 79.9. The quantitative estimate of drug-likeness (QED) is 0.516. The number of carbonyl (C=O) groups excluding carboxylic acids is 1. The summed E-state index contributed by atoms with van der Waals surface area (Å²) in [5.74, 6) is 0.712. The number of hydrogen-bond acceptors (Lipinski definition) is 6. The Bertz CT molecular complexity index is 1070. The smallest absolute Gasteiger partial charge is 0.323 e. The number of hydrogen-bond donors (Lipinski definition) is 2. The van der Waals surface area contributed by atoms with Crippen LogP contribution in [0.2, 0.25) is 5.02 Å². The molecule has 3 heterocycles. The number of anilines is 2. The molecular weight excluding hydrogens is 474 g/mol. The fourth-order valence-corrected chi connectivity index (χ4v) is 3.94. The molecule has 0 bridgehead atoms. The average molecular weight is 493 g/mol. The summed E-state index contributed by atoms with van der Waals surface area (Å²) in [6.07, 6.45) is 8.17. The van der Waals surface area contributed by atoms with Crippen molar-refractivity contribution in [2.75, 3.05) is 17.7 Å². The Hall–Kier alpha value is -2.56. The van der Waals surface area contributed by atoms with E-state index < -0.39 is 6.03 Å². The van der Waals surface area contributed by atoms with Crippen molar-refractivity contribution in [3.63, 3.8) is 0 Å². The SMILES string of the molecule is COC(C)c1c(Br)cnc(C2CC2)c1NC(=O)Nc1cnc(-n2nccn2)c(Cl)c1. The second-order valence-electron chi connectivity index (χ2n) is 6.86. The number of aromatic nitrogens is 5. The maximum Gasteiger partial charge on any atom is 0.323 e. The Morgan fingerprint density at radius 1 is 1.27 bits per heavy atom. The number of ether oxygens (including phenoxy) is 1. The zero-order valence-electron chi connectivity index (χ0n) is 16.3. The van der Waals surface area contributed by atoms with Crippen molar-refractivity contribution in [2.24, 2.45) is 0 Å². The van der Waals surface area contributed by atoms with Gasteiger partial charge in [0, 0.05) is 29.3 Å². The van der Waals surface area contributed by atoms with E-state index in [9.17, 15) is 4.79 Å². The van der Waals surface area contributed by atoms with E-state index in [-0.39, 0.29) is 6.10 Å². The van der Waals surface area contributed by atoms with E-state index >= 15 is 0 Å². The highest BCUT2D eigenvalue weighted by Gasteiger charge is 2.31. The summed E-state index contributed by atoms with van der Waals surface area (Å²) in [4.78, 5) is 22.8. The number of pyridine rings is 2. The van der Waals surface area contributed by atoms with Gasteiger partial charge in [-0.3, -0.25) is 4.98 Å². The lowest BCUT2D eigenvalue weighted by atomic mass is 10.1. The highest BCUT2D eigenvalue weighted by Crippen LogP contribution is 2.46. The zero-order valence-corrected chi connectivity index (χ0v) is 18.6. The van der Waals surface area contributed by atoms with Crippen molar-refractivity contribution in [2.45, 2.75) is 31.8 Å². The van der Waals surface area contributed by atoms with Gasteiger partial charge >= 0.3 is 6.03 Å². The normalized spacial score (nSPS) is 14.4. The van der Waals surface area contributed by atoms with Crippen LogP contribution in [0.4, 0.5) is 16.2 Å². The first kappa shape index (κ1) is 20.7. The molecular formula is C19H19BrClN7O2. The molecule has 0 aliphatic heterocycles. The van der Waals surface area contributed by atoms with Crippen molar-refractivity contribution < 1.29 is 9.53 Å². The van der Waals surface area contributed by atoms with Crippen molar-refractivity contribution in [1.82, 2.24) is 25.0 Å². The molecule has 1 fully saturated rings. The standard InChI is InChI=1S/C19H19BrClN7O2/c1-10(30-2)15-13(20)9-22-16(11-3-4-11)17(15)27-19(29)26-12-7-14(21)18(23-8-12)28-24-5-6-25-28/h5-11H,3-4H2,1-2H3,(H2,26,27,29). The van der Waals surface area contributed by atoms with Gasteiger partial charge in [0.15, 0.2) is 5.82 Å². The Morgan fingerprint density at radius 3 is 2.63 bits per heavy atom. The third-order valence-corrected chi connectivity index (χ3v) is 5.66. The van der Waals surface area contributed by atoms with Gasteiger partial charge in [-0.15, -0.1) is 4.80 Å². The maximum atomic E-state index is 12.8. The summed E-state index contributed by atoms with van der Waals surface area (Å²) in [5, 5.41) is 14.0.